The number of aromatic nitrogens is 2. The molecule has 2 bridgehead atoms. The first kappa shape index (κ1) is 29.2. The number of halogens is 3. The molecule has 2 aromatic heterocycles. The highest BCUT2D eigenvalue weighted by atomic mass is 32.2. The lowest BCUT2D eigenvalue weighted by atomic mass is 9.88. The lowest BCUT2D eigenvalue weighted by molar-refractivity contribution is -0.137. The smallest absolute Gasteiger partial charge is 0.377 e. The number of alkyl halides is 3. The zero-order valence-corrected chi connectivity index (χ0v) is 26.0. The number of benzene rings is 1. The van der Waals surface area contributed by atoms with Crippen LogP contribution >= 0.6 is 11.3 Å². The van der Waals surface area contributed by atoms with Crippen molar-refractivity contribution in [3.8, 4) is 10.6 Å². The standard InChI is InChI=1S/C30H31F3N6O4S2/c1-37-18-8-19(37)13-38(12-18)17-4-5-23(21(9-17)16-2-3-16)35-29-34-11-22(30(31,32)33)26(36-29)24-10-25-27(44-24)28(40)39(20-14-43-15-20)6-7-45(25,41)42/h4-5,9-11,16,18-20H,2-3,6-8,12-15H2,1H3,(H,34,35,36). The van der Waals surface area contributed by atoms with Crippen molar-refractivity contribution in [2.45, 2.75) is 54.4 Å². The lowest BCUT2D eigenvalue weighted by Gasteiger charge is -2.55. The molecule has 6 aliphatic rings. The van der Waals surface area contributed by atoms with Crippen LogP contribution in [0, 0.1) is 0 Å². The summed E-state index contributed by atoms with van der Waals surface area (Å²) in [5.41, 5.74) is 1.35. The van der Waals surface area contributed by atoms with Crippen LogP contribution in [-0.4, -0.2) is 97.9 Å². The summed E-state index contributed by atoms with van der Waals surface area (Å²) in [6, 6.07) is 8.12. The molecule has 1 amide bonds. The Labute approximate surface area is 262 Å². The van der Waals surface area contributed by atoms with Gasteiger partial charge in [0.15, 0.2) is 9.84 Å². The van der Waals surface area contributed by atoms with Crippen molar-refractivity contribution in [1.82, 2.24) is 19.8 Å². The van der Waals surface area contributed by atoms with Gasteiger partial charge in [-0.1, -0.05) is 0 Å². The second-order valence-electron chi connectivity index (χ2n) is 12.6. The molecule has 0 radical (unpaired) electrons. The third-order valence-corrected chi connectivity index (χ3v) is 12.7. The normalized spacial score (nSPS) is 24.9. The number of fused-ring (bicyclic) bond motifs is 3. The van der Waals surface area contributed by atoms with E-state index in [1.807, 2.05) is 12.1 Å². The van der Waals surface area contributed by atoms with Crippen molar-refractivity contribution in [3.05, 3.63) is 46.5 Å². The number of nitrogens with zero attached hydrogens (tertiary/aromatic N) is 5. The van der Waals surface area contributed by atoms with Crippen LogP contribution in [-0.2, 0) is 20.8 Å². The number of thiophene rings is 1. The van der Waals surface area contributed by atoms with Crippen LogP contribution in [0.25, 0.3) is 10.6 Å². The minimum atomic E-state index is -4.81. The minimum absolute atomic E-state index is 0.000604. The van der Waals surface area contributed by atoms with Crippen molar-refractivity contribution in [2.24, 2.45) is 0 Å². The van der Waals surface area contributed by atoms with Gasteiger partial charge in [0.1, 0.15) is 10.4 Å². The fourth-order valence-corrected chi connectivity index (χ4v) is 9.66. The molecule has 2 atom stereocenters. The van der Waals surface area contributed by atoms with Crippen molar-refractivity contribution in [3.63, 3.8) is 0 Å². The molecule has 3 aromatic rings. The van der Waals surface area contributed by atoms with Crippen LogP contribution < -0.4 is 10.2 Å². The van der Waals surface area contributed by atoms with Gasteiger partial charge in [-0.25, -0.2) is 18.4 Å². The van der Waals surface area contributed by atoms with Gasteiger partial charge >= 0.3 is 6.18 Å². The number of ether oxygens (including phenoxy) is 1. The molecule has 0 spiro atoms. The number of amides is 1. The van der Waals surface area contributed by atoms with Gasteiger partial charge in [-0.15, -0.1) is 11.3 Å². The molecule has 4 saturated heterocycles. The first-order chi connectivity index (χ1) is 21.5. The van der Waals surface area contributed by atoms with Crippen molar-refractivity contribution < 1.29 is 31.1 Å². The summed E-state index contributed by atoms with van der Waals surface area (Å²) < 4.78 is 74.2. The number of hydrogen-bond acceptors (Lipinski definition) is 10. The number of anilines is 3. The lowest BCUT2D eigenvalue weighted by Crippen LogP contribution is -2.67. The van der Waals surface area contributed by atoms with Crippen molar-refractivity contribution in [2.75, 3.05) is 55.9 Å². The topological polar surface area (TPSA) is 108 Å². The Balaban J connectivity index is 1.14. The van der Waals surface area contributed by atoms with Crippen LogP contribution in [0.4, 0.5) is 30.5 Å². The molecule has 1 aliphatic carbocycles. The van der Waals surface area contributed by atoms with Crippen LogP contribution in [0.5, 0.6) is 0 Å². The average molecular weight is 661 g/mol. The third-order valence-electron chi connectivity index (χ3n) is 9.70. The second-order valence-corrected chi connectivity index (χ2v) is 15.7. The molecule has 10 nitrogen and oxygen atoms in total. The Morgan fingerprint density at radius 2 is 1.84 bits per heavy atom. The highest BCUT2D eigenvalue weighted by Gasteiger charge is 2.43. The molecular formula is C30H31F3N6O4S2. The van der Waals surface area contributed by atoms with Gasteiger partial charge < -0.3 is 19.9 Å². The zero-order valence-electron chi connectivity index (χ0n) is 24.4. The van der Waals surface area contributed by atoms with Gasteiger partial charge in [0, 0.05) is 49.3 Å². The van der Waals surface area contributed by atoms with Crippen LogP contribution in [0.1, 0.15) is 46.0 Å². The first-order valence-corrected chi connectivity index (χ1v) is 17.5. The van der Waals surface area contributed by atoms with Gasteiger partial charge in [-0.3, -0.25) is 9.69 Å². The first-order valence-electron chi connectivity index (χ1n) is 15.0. The highest BCUT2D eigenvalue weighted by molar-refractivity contribution is 7.91. The molecular weight excluding hydrogens is 629 g/mol. The SMILES string of the molecule is CN1C2CC1CN(c1ccc(Nc3ncc(C(F)(F)F)c(-c4cc5c(s4)C(=O)N(C4COC4)CCS5(=O)=O)n3)c(C3CC3)c1)C2. The van der Waals surface area contributed by atoms with Crippen LogP contribution in [0.3, 0.4) is 0 Å². The fourth-order valence-electron chi connectivity index (χ4n) is 6.74. The monoisotopic (exact) mass is 660 g/mol. The molecule has 2 unspecified atom stereocenters. The van der Waals surface area contributed by atoms with Crippen molar-refractivity contribution >= 4 is 44.4 Å². The maximum atomic E-state index is 14.2. The summed E-state index contributed by atoms with van der Waals surface area (Å²) in [6.07, 6.45) is -0.823. The Bertz CT molecular complexity index is 1800. The maximum Gasteiger partial charge on any atom is 0.420 e. The van der Waals surface area contributed by atoms with E-state index in [4.69, 9.17) is 4.74 Å². The Morgan fingerprint density at radius 3 is 2.49 bits per heavy atom. The van der Waals surface area contributed by atoms with E-state index in [1.54, 1.807) is 0 Å². The third kappa shape index (κ3) is 5.07. The number of hydrogen-bond donors (Lipinski definition) is 1. The summed E-state index contributed by atoms with van der Waals surface area (Å²) in [7, 11) is -1.75. The summed E-state index contributed by atoms with van der Waals surface area (Å²) in [5.74, 6) is -0.546. The van der Waals surface area contributed by atoms with E-state index in [1.165, 1.54) is 11.3 Å². The number of piperidine rings is 1. The van der Waals surface area contributed by atoms with Crippen LogP contribution in [0.2, 0.25) is 0 Å². The highest BCUT2D eigenvalue weighted by Crippen LogP contribution is 2.47. The van der Waals surface area contributed by atoms with Crippen LogP contribution in [0.15, 0.2) is 35.4 Å². The zero-order chi connectivity index (χ0) is 31.2. The van der Waals surface area contributed by atoms with Gasteiger partial charge in [0.2, 0.25) is 5.95 Å². The van der Waals surface area contributed by atoms with E-state index in [9.17, 15) is 26.4 Å². The number of likely N-dealkylation sites (N-methyl/N-ethyl adjacent to an activating group) is 1. The van der Waals surface area contributed by atoms with E-state index >= 15 is 0 Å². The number of rotatable bonds is 6. The predicted molar refractivity (Wildman–Crippen MR) is 162 cm³/mol. The number of sulfone groups is 1. The molecule has 5 aliphatic heterocycles. The van der Waals surface area contributed by atoms with Gasteiger partial charge in [0.25, 0.3) is 5.91 Å². The molecule has 7 heterocycles. The molecule has 45 heavy (non-hydrogen) atoms. The fraction of sp³-hybridized carbons (Fsp3) is 0.500. The Kier molecular flexibility index (Phi) is 6.72. The predicted octanol–water partition coefficient (Wildman–Crippen LogP) is 4.37. The molecule has 1 aromatic carbocycles. The van der Waals surface area contributed by atoms with E-state index < -0.39 is 33.2 Å². The van der Waals surface area contributed by atoms with Gasteiger partial charge in [-0.05, 0) is 62.1 Å². The molecule has 5 fully saturated rings. The molecule has 15 heteroatoms. The Hall–Kier alpha value is -3.27. The number of piperazine rings is 1. The second kappa shape index (κ2) is 10.4. The van der Waals surface area contributed by atoms with Gasteiger partial charge in [0.05, 0.1) is 40.5 Å². The quantitative estimate of drug-likeness (QED) is 0.413. The minimum Gasteiger partial charge on any atom is -0.377 e. The molecule has 1 saturated carbocycles. The van der Waals surface area contributed by atoms with Gasteiger partial charge in [-0.2, -0.15) is 13.2 Å². The number of nitrogens with one attached hydrogen (secondary N) is 1. The van der Waals surface area contributed by atoms with Crippen molar-refractivity contribution in [1.29, 1.82) is 0 Å². The Morgan fingerprint density at radius 1 is 1.09 bits per heavy atom. The maximum absolute atomic E-state index is 14.2. The van der Waals surface area contributed by atoms with E-state index in [2.05, 4.69) is 38.2 Å². The summed E-state index contributed by atoms with van der Waals surface area (Å²) in [6.45, 7) is 2.51. The van der Waals surface area contributed by atoms with E-state index in [0.29, 0.717) is 48.7 Å². The van der Waals surface area contributed by atoms with E-state index in [0.717, 1.165) is 48.9 Å². The summed E-state index contributed by atoms with van der Waals surface area (Å²) in [4.78, 5) is 27.6. The molecule has 1 N–H and O–H groups in total. The number of carbonyl (C=O) groups excluding carboxylic acids is 1. The average Bonchev–Trinajstić information content (AvgIpc) is 3.74. The molecule has 9 rings (SSSR count). The number of carbonyl (C=O) groups is 1. The summed E-state index contributed by atoms with van der Waals surface area (Å²) in [5, 5.41) is 3.15. The summed E-state index contributed by atoms with van der Waals surface area (Å²) >= 11 is 0.715. The van der Waals surface area contributed by atoms with E-state index in [-0.39, 0.29) is 38.9 Å². The largest absolute Gasteiger partial charge is 0.420 e. The molecule has 238 valence electrons.